The lowest BCUT2D eigenvalue weighted by molar-refractivity contribution is 0.0666. The number of para-hydroxylation sites is 1. The molecular weight excluding hydrogens is 320 g/mol. The summed E-state index contributed by atoms with van der Waals surface area (Å²) in [6, 6.07) is 7.84. The second-order valence-electron chi connectivity index (χ2n) is 6.18. The third-order valence-corrected chi connectivity index (χ3v) is 4.61. The van der Waals surface area contributed by atoms with Gasteiger partial charge in [0.2, 0.25) is 0 Å². The summed E-state index contributed by atoms with van der Waals surface area (Å²) in [5, 5.41) is 3.40. The van der Waals surface area contributed by atoms with Crippen LogP contribution >= 0.6 is 0 Å². The Balaban J connectivity index is 1.96. The lowest BCUT2D eigenvalue weighted by Gasteiger charge is -2.24. The number of aromatic amines is 1. The van der Waals surface area contributed by atoms with Crippen LogP contribution in [0.25, 0.3) is 22.6 Å². The van der Waals surface area contributed by atoms with Gasteiger partial charge in [0.15, 0.2) is 5.82 Å². The molecule has 0 saturated carbocycles. The lowest BCUT2D eigenvalue weighted by Crippen LogP contribution is -2.23. The van der Waals surface area contributed by atoms with Crippen molar-refractivity contribution < 1.29 is 9.47 Å². The summed E-state index contributed by atoms with van der Waals surface area (Å²) in [4.78, 5) is 21.2. The van der Waals surface area contributed by atoms with Crippen LogP contribution in [0.5, 0.6) is 5.75 Å². The predicted octanol–water partition coefficient (Wildman–Crippen LogP) is 2.41. The van der Waals surface area contributed by atoms with Gasteiger partial charge in [-0.1, -0.05) is 12.1 Å². The highest BCUT2D eigenvalue weighted by Gasteiger charge is 2.28. The normalized spacial score (nSPS) is 15.6. The summed E-state index contributed by atoms with van der Waals surface area (Å²) in [6.07, 6.45) is 1.76. The molecule has 25 heavy (non-hydrogen) atoms. The van der Waals surface area contributed by atoms with E-state index in [1.54, 1.807) is 14.0 Å². The molecule has 3 heterocycles. The fourth-order valence-corrected chi connectivity index (χ4v) is 3.41. The Labute approximate surface area is 145 Å². The maximum atomic E-state index is 12.6. The third kappa shape index (κ3) is 2.70. The first kappa shape index (κ1) is 15.8. The van der Waals surface area contributed by atoms with Gasteiger partial charge in [-0.05, 0) is 31.9 Å². The topological polar surface area (TPSA) is 82.0 Å². The number of methoxy groups -OCH3 is 1. The fraction of sp³-hybridized carbons (Fsp3) is 0.389. The summed E-state index contributed by atoms with van der Waals surface area (Å²) in [6.45, 7) is 3.15. The minimum absolute atomic E-state index is 0.216. The number of benzene rings is 1. The monoisotopic (exact) mass is 340 g/mol. The number of aryl methyl sites for hydroxylation is 1. The summed E-state index contributed by atoms with van der Waals surface area (Å²) < 4.78 is 12.9. The summed E-state index contributed by atoms with van der Waals surface area (Å²) in [7, 11) is 1.62. The SMILES string of the molecule is COc1ccccc1-c1[nH]n(C2CCOCC2)c2nc(C)nc(=O)c1-2. The quantitative estimate of drug-likeness (QED) is 0.792. The third-order valence-electron chi connectivity index (χ3n) is 4.61. The van der Waals surface area contributed by atoms with Gasteiger partial charge in [0, 0.05) is 18.8 Å². The second kappa shape index (κ2) is 6.33. The van der Waals surface area contributed by atoms with Gasteiger partial charge in [0.25, 0.3) is 5.56 Å². The molecule has 1 aromatic rings. The fourth-order valence-electron chi connectivity index (χ4n) is 3.41. The van der Waals surface area contributed by atoms with Crippen LogP contribution in [0.1, 0.15) is 24.7 Å². The first-order valence-corrected chi connectivity index (χ1v) is 8.39. The number of hydrogen-bond acceptors (Lipinski definition) is 5. The van der Waals surface area contributed by atoms with E-state index in [-0.39, 0.29) is 11.6 Å². The van der Waals surface area contributed by atoms with E-state index < -0.39 is 0 Å². The highest BCUT2D eigenvalue weighted by atomic mass is 16.5. The Morgan fingerprint density at radius 2 is 2.00 bits per heavy atom. The molecule has 1 N–H and O–H groups in total. The molecule has 1 saturated heterocycles. The molecule has 7 heteroatoms. The maximum absolute atomic E-state index is 12.6. The highest BCUT2D eigenvalue weighted by molar-refractivity contribution is 5.81. The van der Waals surface area contributed by atoms with Gasteiger partial charge < -0.3 is 9.47 Å². The van der Waals surface area contributed by atoms with Crippen molar-refractivity contribution in [2.75, 3.05) is 20.3 Å². The molecule has 0 bridgehead atoms. The Morgan fingerprint density at radius 1 is 1.24 bits per heavy atom. The molecule has 0 atom stereocenters. The van der Waals surface area contributed by atoms with E-state index in [2.05, 4.69) is 15.1 Å². The zero-order valence-electron chi connectivity index (χ0n) is 14.3. The number of nitrogens with one attached hydrogen (secondary N) is 1. The summed E-state index contributed by atoms with van der Waals surface area (Å²) >= 11 is 0. The zero-order chi connectivity index (χ0) is 17.4. The number of nitrogens with zero attached hydrogens (tertiary/aromatic N) is 3. The molecule has 0 amide bonds. The number of fused-ring (bicyclic) bond motifs is 1. The van der Waals surface area contributed by atoms with Crippen molar-refractivity contribution in [3.05, 3.63) is 40.4 Å². The summed E-state index contributed by atoms with van der Waals surface area (Å²) in [5.74, 6) is 1.82. The first-order valence-electron chi connectivity index (χ1n) is 8.39. The van der Waals surface area contributed by atoms with E-state index >= 15 is 0 Å². The minimum atomic E-state index is -0.273. The molecule has 130 valence electrons. The van der Waals surface area contributed by atoms with E-state index in [9.17, 15) is 4.79 Å². The van der Waals surface area contributed by atoms with Gasteiger partial charge in [-0.2, -0.15) is 4.98 Å². The molecule has 0 aliphatic carbocycles. The average Bonchev–Trinajstić information content (AvgIpc) is 3.02. The van der Waals surface area contributed by atoms with Gasteiger partial charge in [0.1, 0.15) is 17.1 Å². The molecule has 1 aromatic carbocycles. The molecule has 1 fully saturated rings. The molecule has 0 spiro atoms. The summed E-state index contributed by atoms with van der Waals surface area (Å²) in [5.41, 5.74) is 1.75. The first-order chi connectivity index (χ1) is 12.2. The Hall–Kier alpha value is -2.67. The van der Waals surface area contributed by atoms with E-state index in [0.717, 1.165) is 18.4 Å². The largest absolute Gasteiger partial charge is 0.496 e. The number of H-pyrrole nitrogens is 1. The van der Waals surface area contributed by atoms with E-state index in [4.69, 9.17) is 9.47 Å². The lowest BCUT2D eigenvalue weighted by atomic mass is 10.1. The number of rotatable bonds is 3. The van der Waals surface area contributed by atoms with Crippen LogP contribution < -0.4 is 10.3 Å². The van der Waals surface area contributed by atoms with Gasteiger partial charge in [-0.15, -0.1) is 0 Å². The van der Waals surface area contributed by atoms with Crippen molar-refractivity contribution in [3.8, 4) is 28.4 Å². The molecule has 7 nitrogen and oxygen atoms in total. The Morgan fingerprint density at radius 3 is 2.76 bits per heavy atom. The Kier molecular flexibility index (Phi) is 4.01. The predicted molar refractivity (Wildman–Crippen MR) is 93.1 cm³/mol. The minimum Gasteiger partial charge on any atom is -0.496 e. The van der Waals surface area contributed by atoms with Crippen molar-refractivity contribution in [2.24, 2.45) is 0 Å². The van der Waals surface area contributed by atoms with Gasteiger partial charge >= 0.3 is 0 Å². The number of hydrogen-bond donors (Lipinski definition) is 1. The second-order valence-corrected chi connectivity index (χ2v) is 6.18. The van der Waals surface area contributed by atoms with Crippen molar-refractivity contribution >= 4 is 0 Å². The molecule has 0 unspecified atom stereocenters. The van der Waals surface area contributed by atoms with E-state index in [1.807, 2.05) is 28.9 Å². The van der Waals surface area contributed by atoms with Crippen molar-refractivity contribution in [3.63, 3.8) is 0 Å². The molecular formula is C18H20N4O3. The van der Waals surface area contributed by atoms with Crippen LogP contribution in [0.2, 0.25) is 0 Å². The van der Waals surface area contributed by atoms with E-state index in [0.29, 0.717) is 41.9 Å². The van der Waals surface area contributed by atoms with Gasteiger partial charge in [-0.25, -0.2) is 4.98 Å². The molecule has 4 rings (SSSR count). The van der Waals surface area contributed by atoms with Crippen molar-refractivity contribution in [1.29, 1.82) is 0 Å². The van der Waals surface area contributed by atoms with Crippen LogP contribution in [0.15, 0.2) is 29.1 Å². The van der Waals surface area contributed by atoms with Crippen LogP contribution in [0.3, 0.4) is 0 Å². The number of ether oxygens (including phenoxy) is 2. The van der Waals surface area contributed by atoms with E-state index in [1.165, 1.54) is 0 Å². The average molecular weight is 340 g/mol. The van der Waals surface area contributed by atoms with Crippen LogP contribution in [0.4, 0.5) is 0 Å². The van der Waals surface area contributed by atoms with Crippen molar-refractivity contribution in [2.45, 2.75) is 25.8 Å². The van der Waals surface area contributed by atoms with Crippen LogP contribution in [-0.4, -0.2) is 40.1 Å². The molecule has 0 radical (unpaired) electrons. The standard InChI is InChI=1S/C18H20N4O3/c1-11-19-17-15(18(23)20-11)16(13-5-3-4-6-14(13)24-2)21-22(17)12-7-9-25-10-8-12/h3-6,12,21H,7-10H2,1-2H3. The van der Waals surface area contributed by atoms with Gasteiger partial charge in [-0.3, -0.25) is 14.6 Å². The van der Waals surface area contributed by atoms with Crippen LogP contribution in [-0.2, 0) is 4.74 Å². The van der Waals surface area contributed by atoms with Gasteiger partial charge in [0.05, 0.1) is 18.8 Å². The van der Waals surface area contributed by atoms with Crippen molar-refractivity contribution in [1.82, 2.24) is 19.7 Å². The molecule has 0 aromatic heterocycles. The van der Waals surface area contributed by atoms with Crippen LogP contribution in [0, 0.1) is 6.92 Å². The molecule has 3 aliphatic rings. The molecule has 3 aliphatic heterocycles. The Bertz CT molecular complexity index is 924. The number of aromatic nitrogens is 4. The zero-order valence-corrected chi connectivity index (χ0v) is 14.3. The smallest absolute Gasteiger partial charge is 0.284 e. The highest BCUT2D eigenvalue weighted by Crippen LogP contribution is 2.37. The maximum Gasteiger partial charge on any atom is 0.284 e.